The molecule has 1 fully saturated rings. The van der Waals surface area contributed by atoms with E-state index in [0.29, 0.717) is 31.3 Å². The van der Waals surface area contributed by atoms with E-state index in [1.165, 1.54) is 43.5 Å². The average molecular weight is 437 g/mol. The van der Waals surface area contributed by atoms with Crippen LogP contribution in [0.3, 0.4) is 0 Å². The predicted octanol–water partition coefficient (Wildman–Crippen LogP) is 3.46. The third-order valence-corrected chi connectivity index (χ3v) is 5.44. The molecule has 1 aromatic heterocycles. The van der Waals surface area contributed by atoms with Gasteiger partial charge >= 0.3 is 0 Å². The van der Waals surface area contributed by atoms with E-state index in [9.17, 15) is 4.79 Å². The van der Waals surface area contributed by atoms with E-state index in [0.717, 1.165) is 18.8 Å². The molecule has 32 heavy (non-hydrogen) atoms. The molecule has 7 heteroatoms. The summed E-state index contributed by atoms with van der Waals surface area (Å²) in [5.74, 6) is 1.22. The molecule has 3 rings (SSSR count). The van der Waals surface area contributed by atoms with Gasteiger partial charge in [0.25, 0.3) is 0 Å². The number of nitrogens with one attached hydrogen (secondary N) is 3. The van der Waals surface area contributed by atoms with Crippen molar-refractivity contribution < 1.29 is 4.79 Å². The highest BCUT2D eigenvalue weighted by atomic mass is 16.1. The van der Waals surface area contributed by atoms with Crippen molar-refractivity contribution in [2.24, 2.45) is 4.99 Å². The van der Waals surface area contributed by atoms with Crippen molar-refractivity contribution >= 4 is 17.7 Å². The lowest BCUT2D eigenvalue weighted by Gasteiger charge is -2.26. The van der Waals surface area contributed by atoms with Crippen LogP contribution in [0.25, 0.3) is 0 Å². The minimum absolute atomic E-state index is 0.0734. The SMILES string of the molecule is CCNC(=NCc1ccc(CN2CCCCC2)cc1)NCCC(=O)Nc1cccc(C)n1. The van der Waals surface area contributed by atoms with Crippen LogP contribution in [0.4, 0.5) is 5.82 Å². The van der Waals surface area contributed by atoms with E-state index >= 15 is 0 Å². The fourth-order valence-corrected chi connectivity index (χ4v) is 3.75. The molecule has 0 aliphatic carbocycles. The maximum Gasteiger partial charge on any atom is 0.227 e. The third-order valence-electron chi connectivity index (χ3n) is 5.44. The number of rotatable bonds is 9. The van der Waals surface area contributed by atoms with Gasteiger partial charge in [-0.05, 0) is 63.0 Å². The van der Waals surface area contributed by atoms with Gasteiger partial charge in [-0.2, -0.15) is 0 Å². The Morgan fingerprint density at radius 1 is 1.03 bits per heavy atom. The van der Waals surface area contributed by atoms with E-state index < -0.39 is 0 Å². The number of carbonyl (C=O) groups is 1. The largest absolute Gasteiger partial charge is 0.357 e. The second kappa shape index (κ2) is 12.8. The van der Waals surface area contributed by atoms with Crippen LogP contribution in [0, 0.1) is 6.92 Å². The van der Waals surface area contributed by atoms with Gasteiger partial charge < -0.3 is 16.0 Å². The summed E-state index contributed by atoms with van der Waals surface area (Å²) in [4.78, 5) is 23.7. The highest BCUT2D eigenvalue weighted by molar-refractivity contribution is 5.90. The Balaban J connectivity index is 1.44. The zero-order valence-electron chi connectivity index (χ0n) is 19.4. The number of aryl methyl sites for hydroxylation is 1. The van der Waals surface area contributed by atoms with Crippen LogP contribution >= 0.6 is 0 Å². The monoisotopic (exact) mass is 436 g/mol. The minimum atomic E-state index is -0.0734. The number of anilines is 1. The Hall–Kier alpha value is -2.93. The molecule has 1 amide bonds. The number of aliphatic imine (C=N–C) groups is 1. The van der Waals surface area contributed by atoms with Crippen LogP contribution in [0.2, 0.25) is 0 Å². The van der Waals surface area contributed by atoms with Crippen LogP contribution in [0.15, 0.2) is 47.5 Å². The summed E-state index contributed by atoms with van der Waals surface area (Å²) >= 11 is 0. The molecule has 0 atom stereocenters. The van der Waals surface area contributed by atoms with Gasteiger partial charge in [0, 0.05) is 31.7 Å². The molecule has 0 radical (unpaired) electrons. The highest BCUT2D eigenvalue weighted by Gasteiger charge is 2.10. The van der Waals surface area contributed by atoms with Crippen molar-refractivity contribution in [3.63, 3.8) is 0 Å². The van der Waals surface area contributed by atoms with Gasteiger partial charge in [0.15, 0.2) is 5.96 Å². The predicted molar refractivity (Wildman–Crippen MR) is 131 cm³/mol. The van der Waals surface area contributed by atoms with Gasteiger partial charge in [-0.1, -0.05) is 36.8 Å². The Kier molecular flexibility index (Phi) is 9.50. The van der Waals surface area contributed by atoms with E-state index in [1.807, 2.05) is 26.0 Å². The summed E-state index contributed by atoms with van der Waals surface area (Å²) in [6, 6.07) is 14.3. The molecule has 1 aliphatic rings. The molecule has 1 aromatic carbocycles. The van der Waals surface area contributed by atoms with Gasteiger partial charge in [-0.25, -0.2) is 9.98 Å². The second-order valence-corrected chi connectivity index (χ2v) is 8.24. The molecule has 172 valence electrons. The number of aromatic nitrogens is 1. The number of carbonyl (C=O) groups excluding carboxylic acids is 1. The number of amides is 1. The summed E-state index contributed by atoms with van der Waals surface area (Å²) in [5.41, 5.74) is 3.41. The zero-order chi connectivity index (χ0) is 22.6. The van der Waals surface area contributed by atoms with Gasteiger partial charge in [0.2, 0.25) is 5.91 Å². The Morgan fingerprint density at radius 3 is 2.50 bits per heavy atom. The number of nitrogens with zero attached hydrogens (tertiary/aromatic N) is 3. The molecule has 0 spiro atoms. The molecule has 1 aliphatic heterocycles. The van der Waals surface area contributed by atoms with Crippen molar-refractivity contribution in [2.45, 2.75) is 52.6 Å². The van der Waals surface area contributed by atoms with Crippen molar-refractivity contribution in [1.29, 1.82) is 0 Å². The van der Waals surface area contributed by atoms with Gasteiger partial charge in [0.1, 0.15) is 5.82 Å². The van der Waals surface area contributed by atoms with Crippen molar-refractivity contribution in [2.75, 3.05) is 31.5 Å². The molecule has 0 unspecified atom stereocenters. The summed E-state index contributed by atoms with van der Waals surface area (Å²) in [6.07, 6.45) is 4.34. The molecule has 1 saturated heterocycles. The van der Waals surface area contributed by atoms with E-state index in [2.05, 4.69) is 55.1 Å². The molecular formula is C25H36N6O. The number of piperidine rings is 1. The first kappa shape index (κ1) is 23.7. The number of guanidine groups is 1. The number of likely N-dealkylation sites (tertiary alicyclic amines) is 1. The first-order chi connectivity index (χ1) is 15.6. The van der Waals surface area contributed by atoms with Crippen LogP contribution in [-0.4, -0.2) is 47.9 Å². The summed E-state index contributed by atoms with van der Waals surface area (Å²) in [7, 11) is 0. The second-order valence-electron chi connectivity index (χ2n) is 8.24. The first-order valence-corrected chi connectivity index (χ1v) is 11.7. The summed E-state index contributed by atoms with van der Waals surface area (Å²) < 4.78 is 0. The molecule has 2 aromatic rings. The quantitative estimate of drug-likeness (QED) is 0.414. The third kappa shape index (κ3) is 8.30. The maximum atomic E-state index is 12.2. The van der Waals surface area contributed by atoms with Gasteiger partial charge in [-0.15, -0.1) is 0 Å². The summed E-state index contributed by atoms with van der Waals surface area (Å²) in [6.45, 7) is 9.25. The molecule has 0 saturated carbocycles. The van der Waals surface area contributed by atoms with Crippen molar-refractivity contribution in [3.8, 4) is 0 Å². The molecule has 0 bridgehead atoms. The Bertz CT molecular complexity index is 874. The minimum Gasteiger partial charge on any atom is -0.357 e. The smallest absolute Gasteiger partial charge is 0.227 e. The molecule has 3 N–H and O–H groups in total. The average Bonchev–Trinajstić information content (AvgIpc) is 2.79. The molecule has 7 nitrogen and oxygen atoms in total. The van der Waals surface area contributed by atoms with Gasteiger partial charge in [0.05, 0.1) is 6.54 Å². The summed E-state index contributed by atoms with van der Waals surface area (Å²) in [5, 5.41) is 9.30. The van der Waals surface area contributed by atoms with Gasteiger partial charge in [-0.3, -0.25) is 9.69 Å². The van der Waals surface area contributed by atoms with Crippen LogP contribution in [0.1, 0.15) is 49.4 Å². The van der Waals surface area contributed by atoms with Crippen molar-refractivity contribution in [1.82, 2.24) is 20.5 Å². The highest BCUT2D eigenvalue weighted by Crippen LogP contribution is 2.14. The van der Waals surface area contributed by atoms with E-state index in [4.69, 9.17) is 0 Å². The molecule has 2 heterocycles. The van der Waals surface area contributed by atoms with Crippen LogP contribution in [0.5, 0.6) is 0 Å². The number of pyridine rings is 1. The Labute approximate surface area is 191 Å². The van der Waals surface area contributed by atoms with E-state index in [-0.39, 0.29) is 5.91 Å². The van der Waals surface area contributed by atoms with Crippen molar-refractivity contribution in [3.05, 3.63) is 59.3 Å². The lowest BCUT2D eigenvalue weighted by Crippen LogP contribution is -2.38. The topological polar surface area (TPSA) is 81.7 Å². The fourth-order valence-electron chi connectivity index (χ4n) is 3.75. The number of hydrogen-bond donors (Lipinski definition) is 3. The first-order valence-electron chi connectivity index (χ1n) is 11.7. The fraction of sp³-hybridized carbons (Fsp3) is 0.480. The molecular weight excluding hydrogens is 400 g/mol. The standard InChI is InChI=1S/C25H36N6O/c1-3-26-25(27-15-14-24(32)30-23-9-7-8-20(2)29-23)28-18-21-10-12-22(13-11-21)19-31-16-5-4-6-17-31/h7-13H,3-6,14-19H2,1-2H3,(H2,26,27,28)(H,29,30,32). The van der Waals surface area contributed by atoms with Crippen LogP contribution < -0.4 is 16.0 Å². The normalized spacial score (nSPS) is 14.8. The van der Waals surface area contributed by atoms with E-state index in [1.54, 1.807) is 6.07 Å². The maximum absolute atomic E-state index is 12.2. The lowest BCUT2D eigenvalue weighted by molar-refractivity contribution is -0.116. The number of benzene rings is 1. The Morgan fingerprint density at radius 2 is 1.78 bits per heavy atom. The number of hydrogen-bond acceptors (Lipinski definition) is 4. The lowest BCUT2D eigenvalue weighted by atomic mass is 10.1. The zero-order valence-corrected chi connectivity index (χ0v) is 19.4. The van der Waals surface area contributed by atoms with Crippen LogP contribution in [-0.2, 0) is 17.9 Å².